The summed E-state index contributed by atoms with van der Waals surface area (Å²) in [5.41, 5.74) is 0. The minimum absolute atomic E-state index is 0.179. The molecule has 0 aromatic heterocycles. The Morgan fingerprint density at radius 3 is 2.44 bits per heavy atom. The summed E-state index contributed by atoms with van der Waals surface area (Å²) in [4.78, 5) is 15.2. The molecule has 16 heavy (non-hydrogen) atoms. The third-order valence-electron chi connectivity index (χ3n) is 3.37. The molecule has 0 radical (unpaired) electrons. The predicted octanol–water partition coefficient (Wildman–Crippen LogP) is 1.12. The molecule has 0 spiro atoms. The van der Waals surface area contributed by atoms with Gasteiger partial charge in [-0.05, 0) is 52.9 Å². The van der Waals surface area contributed by atoms with Gasteiger partial charge in [0.25, 0.3) is 0 Å². The largest absolute Gasteiger partial charge is 0.481 e. The van der Waals surface area contributed by atoms with Crippen LogP contribution in [0.2, 0.25) is 0 Å². The van der Waals surface area contributed by atoms with E-state index in [9.17, 15) is 4.79 Å². The number of nitrogens with zero attached hydrogens (tertiary/aromatic N) is 2. The zero-order valence-electron chi connectivity index (χ0n) is 10.6. The maximum absolute atomic E-state index is 10.6. The van der Waals surface area contributed by atoms with Crippen molar-refractivity contribution in [1.82, 2.24) is 9.80 Å². The molecule has 1 saturated heterocycles. The van der Waals surface area contributed by atoms with E-state index in [1.165, 1.54) is 12.8 Å². The van der Waals surface area contributed by atoms with E-state index in [2.05, 4.69) is 23.9 Å². The minimum Gasteiger partial charge on any atom is -0.481 e. The summed E-state index contributed by atoms with van der Waals surface area (Å²) < 4.78 is 0. The third kappa shape index (κ3) is 4.49. The quantitative estimate of drug-likeness (QED) is 0.766. The highest BCUT2D eigenvalue weighted by atomic mass is 16.4. The van der Waals surface area contributed by atoms with Crippen LogP contribution in [0.4, 0.5) is 0 Å². The Hall–Kier alpha value is -0.610. The van der Waals surface area contributed by atoms with Gasteiger partial charge in [-0.3, -0.25) is 4.79 Å². The Balaban J connectivity index is 2.28. The highest BCUT2D eigenvalue weighted by Gasteiger charge is 2.23. The van der Waals surface area contributed by atoms with Gasteiger partial charge in [0.2, 0.25) is 0 Å². The second-order valence-corrected chi connectivity index (χ2v) is 5.19. The molecule has 1 aliphatic rings. The third-order valence-corrected chi connectivity index (χ3v) is 3.37. The zero-order chi connectivity index (χ0) is 12.1. The highest BCUT2D eigenvalue weighted by molar-refractivity contribution is 5.67. The fourth-order valence-electron chi connectivity index (χ4n) is 2.47. The van der Waals surface area contributed by atoms with E-state index < -0.39 is 5.97 Å². The predicted molar refractivity (Wildman–Crippen MR) is 64.6 cm³/mol. The first-order valence-corrected chi connectivity index (χ1v) is 6.09. The van der Waals surface area contributed by atoms with Crippen LogP contribution < -0.4 is 0 Å². The smallest absolute Gasteiger partial charge is 0.304 e. The molecule has 4 nitrogen and oxygen atoms in total. The number of aliphatic carboxylic acids is 1. The minimum atomic E-state index is -0.692. The number of rotatable bonds is 5. The number of carboxylic acids is 1. The summed E-state index contributed by atoms with van der Waals surface area (Å²) in [5.74, 6) is 0.0891. The fraction of sp³-hybridized carbons (Fsp3) is 0.917. The van der Waals surface area contributed by atoms with Crippen LogP contribution in [0.5, 0.6) is 0 Å². The monoisotopic (exact) mass is 228 g/mol. The van der Waals surface area contributed by atoms with E-state index in [1.807, 2.05) is 6.92 Å². The van der Waals surface area contributed by atoms with E-state index in [4.69, 9.17) is 5.11 Å². The van der Waals surface area contributed by atoms with E-state index in [0.29, 0.717) is 0 Å². The molecule has 0 saturated carbocycles. The van der Waals surface area contributed by atoms with Gasteiger partial charge in [0.05, 0.1) is 6.42 Å². The molecule has 0 aromatic carbocycles. The fourth-order valence-corrected chi connectivity index (χ4v) is 2.47. The van der Waals surface area contributed by atoms with Gasteiger partial charge in [-0.25, -0.2) is 0 Å². The molecule has 1 rings (SSSR count). The second-order valence-electron chi connectivity index (χ2n) is 5.19. The number of piperidine rings is 1. The highest BCUT2D eigenvalue weighted by Crippen LogP contribution is 2.20. The van der Waals surface area contributed by atoms with Gasteiger partial charge < -0.3 is 14.9 Å². The van der Waals surface area contributed by atoms with Crippen LogP contribution >= 0.6 is 0 Å². The molecule has 1 atom stereocenters. The molecular weight excluding hydrogens is 204 g/mol. The van der Waals surface area contributed by atoms with E-state index in [-0.39, 0.29) is 12.5 Å². The molecule has 1 unspecified atom stereocenters. The first-order valence-electron chi connectivity index (χ1n) is 6.09. The molecule has 0 bridgehead atoms. The Kier molecular flexibility index (Phi) is 5.22. The van der Waals surface area contributed by atoms with Gasteiger partial charge in [-0.2, -0.15) is 0 Å². The number of hydrogen-bond donors (Lipinski definition) is 1. The van der Waals surface area contributed by atoms with Crippen molar-refractivity contribution in [1.29, 1.82) is 0 Å². The van der Waals surface area contributed by atoms with E-state index in [1.54, 1.807) is 0 Å². The second kappa shape index (κ2) is 6.21. The molecule has 4 heteroatoms. The molecule has 0 aliphatic carbocycles. The molecule has 1 fully saturated rings. The molecule has 94 valence electrons. The van der Waals surface area contributed by atoms with Crippen molar-refractivity contribution in [2.45, 2.75) is 32.2 Å². The van der Waals surface area contributed by atoms with Crippen LogP contribution in [0.25, 0.3) is 0 Å². The lowest BCUT2D eigenvalue weighted by Crippen LogP contribution is -2.42. The molecule has 0 amide bonds. The number of carboxylic acid groups (broad SMARTS) is 1. The molecular formula is C12H24N2O2. The van der Waals surface area contributed by atoms with Crippen LogP contribution in [0, 0.1) is 5.92 Å². The lowest BCUT2D eigenvalue weighted by Gasteiger charge is -2.36. The summed E-state index contributed by atoms with van der Waals surface area (Å²) in [7, 11) is 4.22. The van der Waals surface area contributed by atoms with Crippen LogP contribution in [-0.2, 0) is 4.79 Å². The van der Waals surface area contributed by atoms with Gasteiger partial charge in [0.15, 0.2) is 0 Å². The van der Waals surface area contributed by atoms with Gasteiger partial charge in [-0.1, -0.05) is 0 Å². The van der Waals surface area contributed by atoms with Crippen molar-refractivity contribution < 1.29 is 9.90 Å². The van der Waals surface area contributed by atoms with Crippen molar-refractivity contribution in [3.8, 4) is 0 Å². The molecule has 1 aliphatic heterocycles. The summed E-state index contributed by atoms with van der Waals surface area (Å²) in [6.07, 6.45) is 2.66. The van der Waals surface area contributed by atoms with Crippen molar-refractivity contribution in [2.75, 3.05) is 33.7 Å². The topological polar surface area (TPSA) is 43.8 Å². The van der Waals surface area contributed by atoms with Crippen molar-refractivity contribution in [3.05, 3.63) is 0 Å². The normalized spacial score (nSPS) is 21.2. The molecule has 1 heterocycles. The number of likely N-dealkylation sites (tertiary alicyclic amines) is 1. The first kappa shape index (κ1) is 13.5. The standard InChI is InChI=1S/C12H24N2O2/c1-10(8-12(15)16)14-6-4-11(5-7-14)9-13(2)3/h10-11H,4-9H2,1-3H3,(H,15,16). The van der Waals surface area contributed by atoms with Crippen molar-refractivity contribution in [3.63, 3.8) is 0 Å². The lowest BCUT2D eigenvalue weighted by molar-refractivity contribution is -0.138. The molecule has 1 N–H and O–H groups in total. The van der Waals surface area contributed by atoms with Crippen LogP contribution in [0.1, 0.15) is 26.2 Å². The van der Waals surface area contributed by atoms with Crippen LogP contribution in [0.3, 0.4) is 0 Å². The average molecular weight is 228 g/mol. The van der Waals surface area contributed by atoms with Gasteiger partial charge in [0.1, 0.15) is 0 Å². The summed E-state index contributed by atoms with van der Waals surface area (Å²) in [6, 6.07) is 0.179. The van der Waals surface area contributed by atoms with Crippen molar-refractivity contribution >= 4 is 5.97 Å². The summed E-state index contributed by atoms with van der Waals surface area (Å²) >= 11 is 0. The van der Waals surface area contributed by atoms with Gasteiger partial charge in [-0.15, -0.1) is 0 Å². The lowest BCUT2D eigenvalue weighted by atomic mass is 9.95. The summed E-state index contributed by atoms with van der Waals surface area (Å²) in [6.45, 7) is 5.27. The van der Waals surface area contributed by atoms with Gasteiger partial charge >= 0.3 is 5.97 Å². The van der Waals surface area contributed by atoms with Gasteiger partial charge in [0, 0.05) is 12.6 Å². The zero-order valence-corrected chi connectivity index (χ0v) is 10.6. The van der Waals surface area contributed by atoms with E-state index in [0.717, 1.165) is 25.6 Å². The number of carbonyl (C=O) groups is 1. The maximum Gasteiger partial charge on any atom is 0.304 e. The van der Waals surface area contributed by atoms with Crippen LogP contribution in [0.15, 0.2) is 0 Å². The molecule has 0 aromatic rings. The Bertz CT molecular complexity index is 223. The SMILES string of the molecule is CC(CC(=O)O)N1CCC(CN(C)C)CC1. The average Bonchev–Trinajstić information content (AvgIpc) is 2.16. The van der Waals surface area contributed by atoms with E-state index >= 15 is 0 Å². The number of hydrogen-bond acceptors (Lipinski definition) is 3. The van der Waals surface area contributed by atoms with Crippen LogP contribution in [-0.4, -0.2) is 60.6 Å². The van der Waals surface area contributed by atoms with Crippen molar-refractivity contribution in [2.24, 2.45) is 5.92 Å². The Morgan fingerprint density at radius 1 is 1.44 bits per heavy atom. The summed E-state index contributed by atoms with van der Waals surface area (Å²) in [5, 5.41) is 8.75. The Labute approximate surface area is 98.2 Å². The maximum atomic E-state index is 10.6. The Morgan fingerprint density at radius 2 is 2.00 bits per heavy atom. The first-order chi connectivity index (χ1) is 7.49.